The molecule has 0 N–H and O–H groups in total. The average Bonchev–Trinajstić information content (AvgIpc) is 3.52. The monoisotopic (exact) mass is 450 g/mol. The summed E-state index contributed by atoms with van der Waals surface area (Å²) in [5.74, 6) is 1.04. The van der Waals surface area contributed by atoms with Gasteiger partial charge >= 0.3 is 0 Å². The van der Waals surface area contributed by atoms with Crippen LogP contribution in [0.3, 0.4) is 0 Å². The summed E-state index contributed by atoms with van der Waals surface area (Å²) in [6.07, 6.45) is 9.28. The number of anilines is 1. The van der Waals surface area contributed by atoms with Crippen LogP contribution in [0.5, 0.6) is 0 Å². The zero-order valence-corrected chi connectivity index (χ0v) is 18.5. The molecule has 0 unspecified atom stereocenters. The Labute approximate surface area is 189 Å². The second-order valence-corrected chi connectivity index (χ2v) is 8.87. The Hall–Kier alpha value is -3.27. The number of hydrogen-bond acceptors (Lipinski definition) is 8. The maximum Gasteiger partial charge on any atom is 0.225 e. The zero-order valence-electron chi connectivity index (χ0n) is 17.7. The number of aryl methyl sites for hydroxylation is 1. The van der Waals surface area contributed by atoms with Gasteiger partial charge in [0.1, 0.15) is 12.1 Å². The van der Waals surface area contributed by atoms with E-state index in [4.69, 9.17) is 4.98 Å². The molecule has 1 aromatic carbocycles. The second-order valence-electron chi connectivity index (χ2n) is 7.92. The highest BCUT2D eigenvalue weighted by Gasteiger charge is 2.22. The van der Waals surface area contributed by atoms with Crippen LogP contribution in [-0.4, -0.2) is 48.2 Å². The van der Waals surface area contributed by atoms with Crippen molar-refractivity contribution >= 4 is 17.3 Å². The van der Waals surface area contributed by atoms with Crippen LogP contribution in [0.4, 0.5) is 10.3 Å². The summed E-state index contributed by atoms with van der Waals surface area (Å²) in [7, 11) is 0. The highest BCUT2D eigenvalue weighted by molar-refractivity contribution is 7.09. The fraction of sp³-hybridized carbons (Fsp3) is 0.364. The number of benzene rings is 1. The molecule has 10 heteroatoms. The van der Waals surface area contributed by atoms with Gasteiger partial charge < -0.3 is 4.90 Å². The van der Waals surface area contributed by atoms with Crippen LogP contribution in [0.25, 0.3) is 16.9 Å². The Morgan fingerprint density at radius 2 is 1.97 bits per heavy atom. The lowest BCUT2D eigenvalue weighted by Crippen LogP contribution is -2.35. The largest absolute Gasteiger partial charge is 0.341 e. The maximum atomic E-state index is 14.7. The lowest BCUT2D eigenvalue weighted by molar-refractivity contribution is 0.400. The minimum absolute atomic E-state index is 0.336. The molecule has 0 saturated carbocycles. The van der Waals surface area contributed by atoms with E-state index in [1.807, 2.05) is 17.8 Å². The van der Waals surface area contributed by atoms with E-state index in [9.17, 15) is 4.39 Å². The van der Waals surface area contributed by atoms with Crippen LogP contribution < -0.4 is 4.90 Å². The third-order valence-corrected chi connectivity index (χ3v) is 6.73. The fourth-order valence-corrected chi connectivity index (χ4v) is 4.85. The lowest BCUT2D eigenvalue weighted by atomic mass is 9.94. The summed E-state index contributed by atoms with van der Waals surface area (Å²) in [5.41, 5.74) is 2.90. The van der Waals surface area contributed by atoms with Crippen LogP contribution in [-0.2, 0) is 12.8 Å². The lowest BCUT2D eigenvalue weighted by Gasteiger charge is -2.31. The van der Waals surface area contributed by atoms with Gasteiger partial charge in [-0.05, 0) is 53.3 Å². The summed E-state index contributed by atoms with van der Waals surface area (Å²) in [6.45, 7) is 4.00. The molecular weight excluding hydrogens is 427 g/mol. The molecule has 1 aliphatic rings. The van der Waals surface area contributed by atoms with Crippen molar-refractivity contribution in [2.75, 3.05) is 18.0 Å². The number of thiazole rings is 1. The molecule has 5 rings (SSSR count). The van der Waals surface area contributed by atoms with Gasteiger partial charge in [-0.1, -0.05) is 6.92 Å². The third-order valence-electron chi connectivity index (χ3n) is 5.85. The molecule has 0 aliphatic carbocycles. The SMILES string of the molecule is CCc1cnc(N2CCC(Cc3nc(-c4ccc(-n5cnnn5)cc4F)cs3)CC2)nc1. The van der Waals surface area contributed by atoms with Gasteiger partial charge in [0.2, 0.25) is 5.95 Å². The summed E-state index contributed by atoms with van der Waals surface area (Å²) in [5, 5.41) is 13.9. The van der Waals surface area contributed by atoms with Gasteiger partial charge in [-0.25, -0.2) is 24.0 Å². The number of aromatic nitrogens is 7. The van der Waals surface area contributed by atoms with E-state index in [0.717, 1.165) is 55.3 Å². The van der Waals surface area contributed by atoms with E-state index in [-0.39, 0.29) is 5.82 Å². The first-order chi connectivity index (χ1) is 15.7. The van der Waals surface area contributed by atoms with Gasteiger partial charge in [-0.2, -0.15) is 0 Å². The predicted octanol–water partition coefficient (Wildman–Crippen LogP) is 3.74. The van der Waals surface area contributed by atoms with Gasteiger partial charge in [-0.3, -0.25) is 0 Å². The maximum absolute atomic E-state index is 14.7. The molecule has 0 bridgehead atoms. The molecule has 8 nitrogen and oxygen atoms in total. The minimum atomic E-state index is -0.336. The predicted molar refractivity (Wildman–Crippen MR) is 120 cm³/mol. The second kappa shape index (κ2) is 9.07. The van der Waals surface area contributed by atoms with E-state index in [0.29, 0.717) is 22.9 Å². The van der Waals surface area contributed by atoms with Crippen molar-refractivity contribution in [3.05, 3.63) is 58.7 Å². The van der Waals surface area contributed by atoms with Gasteiger partial charge in [0, 0.05) is 48.9 Å². The number of nitrogens with zero attached hydrogens (tertiary/aromatic N) is 8. The zero-order chi connectivity index (χ0) is 21.9. The van der Waals surface area contributed by atoms with Crippen molar-refractivity contribution in [2.45, 2.75) is 32.6 Å². The van der Waals surface area contributed by atoms with Crippen LogP contribution in [0.2, 0.25) is 0 Å². The van der Waals surface area contributed by atoms with Crippen LogP contribution >= 0.6 is 11.3 Å². The molecule has 3 aromatic heterocycles. The molecule has 1 saturated heterocycles. The van der Waals surface area contributed by atoms with E-state index >= 15 is 0 Å². The van der Waals surface area contributed by atoms with Crippen molar-refractivity contribution in [3.8, 4) is 16.9 Å². The standard InChI is InChI=1S/C22H23FN8S/c1-2-15-11-24-22(25-12-15)30-7-5-16(6-8-30)9-21-27-20(13-32-21)18-4-3-17(10-19(18)23)31-14-26-28-29-31/h3-4,10-14,16H,2,5-9H2,1H3. The Kier molecular flexibility index (Phi) is 5.85. The van der Waals surface area contributed by atoms with Gasteiger partial charge in [-0.15, -0.1) is 16.4 Å². The molecule has 0 spiro atoms. The summed E-state index contributed by atoms with van der Waals surface area (Å²) in [6, 6.07) is 4.95. The van der Waals surface area contributed by atoms with Gasteiger partial charge in [0.15, 0.2) is 0 Å². The van der Waals surface area contributed by atoms with Crippen molar-refractivity contribution in [1.82, 2.24) is 35.2 Å². The molecule has 1 fully saturated rings. The van der Waals surface area contributed by atoms with E-state index in [1.54, 1.807) is 23.5 Å². The third kappa shape index (κ3) is 4.36. The molecular formula is C22H23FN8S. The number of tetrazole rings is 1. The van der Waals surface area contributed by atoms with E-state index < -0.39 is 0 Å². The molecule has 32 heavy (non-hydrogen) atoms. The summed E-state index contributed by atoms with van der Waals surface area (Å²) < 4.78 is 16.1. The number of halogens is 1. The average molecular weight is 451 g/mol. The van der Waals surface area contributed by atoms with Gasteiger partial charge in [0.25, 0.3) is 0 Å². The first-order valence-corrected chi connectivity index (χ1v) is 11.6. The highest BCUT2D eigenvalue weighted by atomic mass is 32.1. The van der Waals surface area contributed by atoms with Crippen molar-refractivity contribution in [3.63, 3.8) is 0 Å². The Bertz CT molecular complexity index is 1170. The van der Waals surface area contributed by atoms with Crippen LogP contribution in [0.1, 0.15) is 30.3 Å². The smallest absolute Gasteiger partial charge is 0.225 e. The topological polar surface area (TPSA) is 85.5 Å². The van der Waals surface area contributed by atoms with E-state index in [2.05, 4.69) is 37.3 Å². The Balaban J connectivity index is 1.20. The van der Waals surface area contributed by atoms with Crippen molar-refractivity contribution in [1.29, 1.82) is 0 Å². The molecule has 4 heterocycles. The first kappa shape index (κ1) is 20.6. The number of piperidine rings is 1. The van der Waals surface area contributed by atoms with Gasteiger partial charge in [0.05, 0.1) is 16.4 Å². The molecule has 0 atom stereocenters. The highest BCUT2D eigenvalue weighted by Crippen LogP contribution is 2.29. The van der Waals surface area contributed by atoms with Crippen LogP contribution in [0.15, 0.2) is 42.3 Å². The minimum Gasteiger partial charge on any atom is -0.341 e. The molecule has 4 aromatic rings. The molecule has 164 valence electrons. The first-order valence-electron chi connectivity index (χ1n) is 10.7. The van der Waals surface area contributed by atoms with Crippen molar-refractivity contribution in [2.24, 2.45) is 5.92 Å². The Morgan fingerprint density at radius 1 is 1.16 bits per heavy atom. The molecule has 0 radical (unpaired) electrons. The summed E-state index contributed by atoms with van der Waals surface area (Å²) >= 11 is 1.60. The van der Waals surface area contributed by atoms with E-state index in [1.165, 1.54) is 17.1 Å². The summed E-state index contributed by atoms with van der Waals surface area (Å²) in [4.78, 5) is 16.0. The number of hydrogen-bond donors (Lipinski definition) is 0. The molecule has 0 amide bonds. The van der Waals surface area contributed by atoms with Crippen LogP contribution in [0, 0.1) is 11.7 Å². The number of rotatable bonds is 6. The Morgan fingerprint density at radius 3 is 2.66 bits per heavy atom. The normalized spacial score (nSPS) is 14.8. The van der Waals surface area contributed by atoms with Crippen molar-refractivity contribution < 1.29 is 4.39 Å². The molecule has 1 aliphatic heterocycles. The quantitative estimate of drug-likeness (QED) is 0.442. The fourth-order valence-electron chi connectivity index (χ4n) is 3.94.